The van der Waals surface area contributed by atoms with Gasteiger partial charge in [0.1, 0.15) is 12.4 Å². The summed E-state index contributed by atoms with van der Waals surface area (Å²) < 4.78 is 5.78. The molecule has 0 radical (unpaired) electrons. The van der Waals surface area contributed by atoms with Crippen LogP contribution >= 0.6 is 11.3 Å². The van der Waals surface area contributed by atoms with Gasteiger partial charge in [0.25, 0.3) is 0 Å². The summed E-state index contributed by atoms with van der Waals surface area (Å²) in [5.74, 6) is 0.867. The van der Waals surface area contributed by atoms with Crippen molar-refractivity contribution in [3.8, 4) is 5.75 Å². The molecule has 0 aliphatic rings. The molecule has 0 spiro atoms. The lowest BCUT2D eigenvalue weighted by atomic mass is 10.2. The third-order valence-corrected chi connectivity index (χ3v) is 4.42. The number of benzene rings is 1. The number of ether oxygens (including phenoxy) is 1. The number of rotatable bonds is 6. The summed E-state index contributed by atoms with van der Waals surface area (Å²) in [5, 5.41) is 6.70. The molecule has 1 atom stereocenters. The van der Waals surface area contributed by atoms with Gasteiger partial charge in [0.15, 0.2) is 0 Å². The summed E-state index contributed by atoms with van der Waals surface area (Å²) in [6, 6.07) is 14.6. The third kappa shape index (κ3) is 3.60. The Bertz CT molecular complexity index is 697. The van der Waals surface area contributed by atoms with E-state index < -0.39 is 0 Å². The van der Waals surface area contributed by atoms with Crippen LogP contribution in [0.1, 0.15) is 17.8 Å². The number of fused-ring (bicyclic) bond motifs is 1. The molecule has 3 nitrogen and oxygen atoms in total. The quantitative estimate of drug-likeness (QED) is 0.698. The fourth-order valence-corrected chi connectivity index (χ4v) is 2.98. The maximum Gasteiger partial charge on any atom is 0.121 e. The number of aromatic nitrogens is 1. The van der Waals surface area contributed by atoms with E-state index in [2.05, 4.69) is 40.8 Å². The second-order valence-corrected chi connectivity index (χ2v) is 5.88. The topological polar surface area (TPSA) is 34.1 Å². The van der Waals surface area contributed by atoms with Crippen molar-refractivity contribution >= 4 is 22.2 Å². The molecule has 1 aromatic carbocycles. The number of thiophene rings is 1. The van der Waals surface area contributed by atoms with Gasteiger partial charge in [-0.25, -0.2) is 0 Å². The Kier molecular flexibility index (Phi) is 4.48. The molecule has 3 aromatic rings. The van der Waals surface area contributed by atoms with Gasteiger partial charge in [0.05, 0.1) is 5.52 Å². The second-order valence-electron chi connectivity index (χ2n) is 4.90. The molecule has 1 N–H and O–H groups in total. The molecular formula is C17H18N2OS. The fourth-order valence-electron chi connectivity index (χ4n) is 2.22. The normalized spacial score (nSPS) is 12.4. The molecule has 0 saturated carbocycles. The van der Waals surface area contributed by atoms with Crippen molar-refractivity contribution in [3.63, 3.8) is 0 Å². The summed E-state index contributed by atoms with van der Waals surface area (Å²) in [7, 11) is 0. The van der Waals surface area contributed by atoms with Gasteiger partial charge in [-0.05, 0) is 36.6 Å². The van der Waals surface area contributed by atoms with E-state index in [4.69, 9.17) is 4.74 Å². The molecule has 0 amide bonds. The Morgan fingerprint density at radius 1 is 1.24 bits per heavy atom. The molecule has 0 fully saturated rings. The zero-order valence-electron chi connectivity index (χ0n) is 12.0. The van der Waals surface area contributed by atoms with Crippen molar-refractivity contribution < 1.29 is 4.74 Å². The number of hydrogen-bond donors (Lipinski definition) is 1. The van der Waals surface area contributed by atoms with Crippen LogP contribution in [0, 0.1) is 0 Å². The van der Waals surface area contributed by atoms with Gasteiger partial charge in [0.2, 0.25) is 0 Å². The van der Waals surface area contributed by atoms with Gasteiger partial charge >= 0.3 is 0 Å². The number of nitrogens with zero attached hydrogens (tertiary/aromatic N) is 1. The average Bonchev–Trinajstić information content (AvgIpc) is 3.06. The molecule has 0 saturated heterocycles. The van der Waals surface area contributed by atoms with Crippen LogP contribution in [0.3, 0.4) is 0 Å². The maximum atomic E-state index is 5.78. The zero-order valence-corrected chi connectivity index (χ0v) is 12.8. The number of nitrogens with one attached hydrogen (secondary N) is 1. The minimum Gasteiger partial charge on any atom is -0.492 e. The Morgan fingerprint density at radius 2 is 2.19 bits per heavy atom. The highest BCUT2D eigenvalue weighted by Gasteiger charge is 2.05. The molecule has 0 bridgehead atoms. The van der Waals surface area contributed by atoms with E-state index in [-0.39, 0.29) is 0 Å². The van der Waals surface area contributed by atoms with Crippen LogP contribution < -0.4 is 10.1 Å². The Labute approximate surface area is 128 Å². The van der Waals surface area contributed by atoms with Gasteiger partial charge in [-0.3, -0.25) is 4.98 Å². The summed E-state index contributed by atoms with van der Waals surface area (Å²) in [6.45, 7) is 3.64. The van der Waals surface area contributed by atoms with Crippen LogP contribution in [0.4, 0.5) is 0 Å². The van der Waals surface area contributed by atoms with Crippen LogP contribution in [-0.4, -0.2) is 18.1 Å². The lowest BCUT2D eigenvalue weighted by Crippen LogP contribution is -2.23. The SMILES string of the molecule is CC(NCCOc1ccc2cccnc2c1)c1cccs1. The van der Waals surface area contributed by atoms with Crippen molar-refractivity contribution in [2.75, 3.05) is 13.2 Å². The lowest BCUT2D eigenvalue weighted by molar-refractivity contribution is 0.308. The second kappa shape index (κ2) is 6.70. The van der Waals surface area contributed by atoms with Crippen molar-refractivity contribution in [2.45, 2.75) is 13.0 Å². The van der Waals surface area contributed by atoms with E-state index in [0.717, 1.165) is 23.2 Å². The Balaban J connectivity index is 1.50. The summed E-state index contributed by atoms with van der Waals surface area (Å²) in [6.07, 6.45) is 1.80. The minimum absolute atomic E-state index is 0.367. The molecule has 108 valence electrons. The van der Waals surface area contributed by atoms with Crippen molar-refractivity contribution in [1.29, 1.82) is 0 Å². The highest BCUT2D eigenvalue weighted by atomic mass is 32.1. The highest BCUT2D eigenvalue weighted by Crippen LogP contribution is 2.19. The van der Waals surface area contributed by atoms with Crippen LogP contribution in [-0.2, 0) is 0 Å². The van der Waals surface area contributed by atoms with E-state index in [9.17, 15) is 0 Å². The molecular weight excluding hydrogens is 280 g/mol. The molecule has 21 heavy (non-hydrogen) atoms. The first-order chi connectivity index (χ1) is 10.3. The van der Waals surface area contributed by atoms with Crippen molar-refractivity contribution in [3.05, 3.63) is 58.9 Å². The van der Waals surface area contributed by atoms with Gasteiger partial charge in [-0.1, -0.05) is 12.1 Å². The molecule has 0 aliphatic heterocycles. The predicted octanol–water partition coefficient (Wildman–Crippen LogP) is 4.03. The van der Waals surface area contributed by atoms with Gasteiger partial charge < -0.3 is 10.1 Å². The standard InChI is InChI=1S/C17H18N2OS/c1-13(17-5-3-11-21-17)18-9-10-20-15-7-6-14-4-2-8-19-16(14)12-15/h2-8,11-13,18H,9-10H2,1H3. The Morgan fingerprint density at radius 3 is 3.05 bits per heavy atom. The molecule has 4 heteroatoms. The predicted molar refractivity (Wildman–Crippen MR) is 88.0 cm³/mol. The molecule has 3 rings (SSSR count). The summed E-state index contributed by atoms with van der Waals surface area (Å²) in [5.41, 5.74) is 0.968. The van der Waals surface area contributed by atoms with Crippen molar-refractivity contribution in [1.82, 2.24) is 10.3 Å². The molecule has 1 unspecified atom stereocenters. The van der Waals surface area contributed by atoms with Crippen LogP contribution in [0.2, 0.25) is 0 Å². The van der Waals surface area contributed by atoms with Crippen LogP contribution in [0.5, 0.6) is 5.75 Å². The average molecular weight is 298 g/mol. The van der Waals surface area contributed by atoms with Gasteiger partial charge in [-0.2, -0.15) is 0 Å². The first kappa shape index (κ1) is 14.0. The third-order valence-electron chi connectivity index (χ3n) is 3.37. The number of pyridine rings is 1. The largest absolute Gasteiger partial charge is 0.492 e. The monoisotopic (exact) mass is 298 g/mol. The fraction of sp³-hybridized carbons (Fsp3) is 0.235. The van der Waals surface area contributed by atoms with Crippen molar-refractivity contribution in [2.24, 2.45) is 0 Å². The van der Waals surface area contributed by atoms with E-state index in [1.54, 1.807) is 17.5 Å². The summed E-state index contributed by atoms with van der Waals surface area (Å²) in [4.78, 5) is 5.69. The summed E-state index contributed by atoms with van der Waals surface area (Å²) >= 11 is 1.78. The molecule has 2 aromatic heterocycles. The van der Waals surface area contributed by atoms with E-state index in [1.165, 1.54) is 4.88 Å². The first-order valence-corrected chi connectivity index (χ1v) is 7.95. The Hall–Kier alpha value is -1.91. The number of hydrogen-bond acceptors (Lipinski definition) is 4. The lowest BCUT2D eigenvalue weighted by Gasteiger charge is -2.13. The minimum atomic E-state index is 0.367. The van der Waals surface area contributed by atoms with E-state index in [1.807, 2.05) is 24.3 Å². The van der Waals surface area contributed by atoms with E-state index in [0.29, 0.717) is 12.6 Å². The molecule has 2 heterocycles. The smallest absolute Gasteiger partial charge is 0.121 e. The zero-order chi connectivity index (χ0) is 14.5. The molecule has 0 aliphatic carbocycles. The maximum absolute atomic E-state index is 5.78. The highest BCUT2D eigenvalue weighted by molar-refractivity contribution is 7.10. The van der Waals surface area contributed by atoms with Gasteiger partial charge in [0, 0.05) is 35.1 Å². The van der Waals surface area contributed by atoms with Crippen LogP contribution in [0.25, 0.3) is 10.9 Å². The van der Waals surface area contributed by atoms with Crippen LogP contribution in [0.15, 0.2) is 54.0 Å². The van der Waals surface area contributed by atoms with E-state index >= 15 is 0 Å². The van der Waals surface area contributed by atoms with Gasteiger partial charge in [-0.15, -0.1) is 11.3 Å². The first-order valence-electron chi connectivity index (χ1n) is 7.07.